The number of ether oxygens (including phenoxy) is 2. The van der Waals surface area contributed by atoms with Gasteiger partial charge in [-0.05, 0) is 50.8 Å². The number of methoxy groups -OCH3 is 1. The van der Waals surface area contributed by atoms with Crippen molar-refractivity contribution >= 4 is 5.97 Å². The summed E-state index contributed by atoms with van der Waals surface area (Å²) in [5, 5.41) is 20.6. The van der Waals surface area contributed by atoms with Crippen molar-refractivity contribution in [3.05, 3.63) is 47.1 Å². The van der Waals surface area contributed by atoms with Crippen LogP contribution in [0.25, 0.3) is 0 Å². The van der Waals surface area contributed by atoms with E-state index in [9.17, 15) is 15.0 Å². The lowest BCUT2D eigenvalue weighted by molar-refractivity contribution is -0.0217. The van der Waals surface area contributed by atoms with Crippen LogP contribution in [0.2, 0.25) is 0 Å². The third-order valence-electron chi connectivity index (χ3n) is 5.28. The Labute approximate surface area is 167 Å². The minimum atomic E-state index is -0.682. The Morgan fingerprint density at radius 1 is 1.21 bits per heavy atom. The van der Waals surface area contributed by atoms with Gasteiger partial charge >= 0.3 is 5.97 Å². The van der Waals surface area contributed by atoms with Crippen molar-refractivity contribution in [1.29, 1.82) is 0 Å². The largest absolute Gasteiger partial charge is 0.504 e. The van der Waals surface area contributed by atoms with Gasteiger partial charge in [-0.25, -0.2) is 4.79 Å². The van der Waals surface area contributed by atoms with Gasteiger partial charge in [0.1, 0.15) is 6.10 Å². The lowest BCUT2D eigenvalue weighted by Crippen LogP contribution is -2.38. The van der Waals surface area contributed by atoms with Crippen LogP contribution in [0.3, 0.4) is 0 Å². The zero-order valence-electron chi connectivity index (χ0n) is 17.4. The van der Waals surface area contributed by atoms with E-state index in [-0.39, 0.29) is 23.3 Å². The summed E-state index contributed by atoms with van der Waals surface area (Å²) < 4.78 is 11.0. The maximum Gasteiger partial charge on any atom is 0.338 e. The van der Waals surface area contributed by atoms with Crippen molar-refractivity contribution in [1.82, 2.24) is 0 Å². The summed E-state index contributed by atoms with van der Waals surface area (Å²) in [5.74, 6) is -0.410. The Morgan fingerprint density at radius 3 is 2.57 bits per heavy atom. The standard InChI is InChI=1S/C23H32O5/c1-14(2)22-19(25)11-15(3)7-6-8-16(4)12-21(22)28-23(26)17-9-10-18(24)20(13-17)27-5/h8-11,13-14,19,21-22,24-25H,6-7,12H2,1-5H3. The van der Waals surface area contributed by atoms with E-state index in [0.717, 1.165) is 24.0 Å². The Kier molecular flexibility index (Phi) is 7.69. The van der Waals surface area contributed by atoms with E-state index in [1.165, 1.54) is 25.3 Å². The first-order chi connectivity index (χ1) is 13.2. The number of esters is 1. The molecule has 0 amide bonds. The molecule has 0 heterocycles. The predicted octanol–water partition coefficient (Wildman–Crippen LogP) is 4.64. The molecule has 28 heavy (non-hydrogen) atoms. The number of rotatable bonds is 4. The number of phenols is 1. The van der Waals surface area contributed by atoms with E-state index < -0.39 is 18.2 Å². The lowest BCUT2D eigenvalue weighted by Gasteiger charge is -2.33. The molecular weight excluding hydrogens is 356 g/mol. The highest BCUT2D eigenvalue weighted by atomic mass is 16.5. The summed E-state index contributed by atoms with van der Waals surface area (Å²) in [6.45, 7) is 8.13. The normalized spacial score (nSPS) is 23.6. The molecule has 0 aliphatic heterocycles. The number of aliphatic hydroxyl groups excluding tert-OH is 1. The maximum atomic E-state index is 12.8. The van der Waals surface area contributed by atoms with Gasteiger partial charge in [-0.1, -0.05) is 37.1 Å². The fourth-order valence-electron chi connectivity index (χ4n) is 3.74. The van der Waals surface area contributed by atoms with Crippen molar-refractivity contribution in [2.24, 2.45) is 11.8 Å². The first kappa shape index (κ1) is 22.0. The topological polar surface area (TPSA) is 76.0 Å². The second kappa shape index (κ2) is 9.78. The molecule has 0 saturated carbocycles. The van der Waals surface area contributed by atoms with Gasteiger partial charge in [0.05, 0.1) is 18.8 Å². The minimum Gasteiger partial charge on any atom is -0.504 e. The van der Waals surface area contributed by atoms with Gasteiger partial charge in [0.2, 0.25) is 0 Å². The molecule has 1 aromatic carbocycles. The molecule has 3 unspecified atom stereocenters. The maximum absolute atomic E-state index is 12.8. The Balaban J connectivity index is 2.33. The molecule has 0 saturated heterocycles. The average Bonchev–Trinajstić information content (AvgIpc) is 2.61. The third kappa shape index (κ3) is 5.61. The number of carbonyl (C=O) groups excluding carboxylic acids is 1. The molecule has 1 aromatic rings. The number of hydrogen-bond acceptors (Lipinski definition) is 5. The third-order valence-corrected chi connectivity index (χ3v) is 5.28. The van der Waals surface area contributed by atoms with Crippen LogP contribution in [0.5, 0.6) is 11.5 Å². The Bertz CT molecular complexity index is 747. The van der Waals surface area contributed by atoms with Crippen LogP contribution in [0.15, 0.2) is 41.5 Å². The molecule has 3 atom stereocenters. The Hall–Kier alpha value is -2.27. The van der Waals surface area contributed by atoms with Crippen molar-refractivity contribution in [3.63, 3.8) is 0 Å². The monoisotopic (exact) mass is 388 g/mol. The quantitative estimate of drug-likeness (QED) is 0.581. The van der Waals surface area contributed by atoms with Gasteiger partial charge in [0, 0.05) is 12.3 Å². The smallest absolute Gasteiger partial charge is 0.338 e. The van der Waals surface area contributed by atoms with Gasteiger partial charge < -0.3 is 19.7 Å². The molecule has 0 fully saturated rings. The molecule has 5 nitrogen and oxygen atoms in total. The fraction of sp³-hybridized carbons (Fsp3) is 0.522. The molecule has 1 aliphatic carbocycles. The van der Waals surface area contributed by atoms with Crippen LogP contribution in [0, 0.1) is 11.8 Å². The molecule has 5 heteroatoms. The molecule has 0 radical (unpaired) electrons. The van der Waals surface area contributed by atoms with Crippen LogP contribution < -0.4 is 4.74 Å². The summed E-state index contributed by atoms with van der Waals surface area (Å²) in [5.41, 5.74) is 2.59. The van der Waals surface area contributed by atoms with Crippen LogP contribution in [0.4, 0.5) is 0 Å². The van der Waals surface area contributed by atoms with Crippen LogP contribution in [-0.4, -0.2) is 35.5 Å². The first-order valence-electron chi connectivity index (χ1n) is 9.82. The highest BCUT2D eigenvalue weighted by molar-refractivity contribution is 5.90. The summed E-state index contributed by atoms with van der Waals surface area (Å²) in [7, 11) is 1.43. The summed E-state index contributed by atoms with van der Waals surface area (Å²) >= 11 is 0. The van der Waals surface area contributed by atoms with Gasteiger partial charge in [0.25, 0.3) is 0 Å². The zero-order chi connectivity index (χ0) is 20.8. The van der Waals surface area contributed by atoms with Crippen molar-refractivity contribution in [3.8, 4) is 11.5 Å². The summed E-state index contributed by atoms with van der Waals surface area (Å²) in [6, 6.07) is 4.38. The first-order valence-corrected chi connectivity index (χ1v) is 9.82. The van der Waals surface area contributed by atoms with Gasteiger partial charge in [-0.3, -0.25) is 0 Å². The van der Waals surface area contributed by atoms with Crippen molar-refractivity contribution < 1.29 is 24.5 Å². The molecule has 0 aromatic heterocycles. The van der Waals surface area contributed by atoms with E-state index in [1.54, 1.807) is 0 Å². The van der Waals surface area contributed by atoms with E-state index in [4.69, 9.17) is 9.47 Å². The van der Waals surface area contributed by atoms with Crippen molar-refractivity contribution in [2.75, 3.05) is 7.11 Å². The van der Waals surface area contributed by atoms with E-state index in [1.807, 2.05) is 33.8 Å². The van der Waals surface area contributed by atoms with Gasteiger partial charge in [-0.2, -0.15) is 0 Å². The second-order valence-electron chi connectivity index (χ2n) is 7.95. The van der Waals surface area contributed by atoms with Gasteiger partial charge in [-0.15, -0.1) is 0 Å². The van der Waals surface area contributed by atoms with E-state index in [0.29, 0.717) is 12.0 Å². The minimum absolute atomic E-state index is 0.0346. The molecule has 154 valence electrons. The number of hydrogen-bond donors (Lipinski definition) is 2. The lowest BCUT2D eigenvalue weighted by atomic mass is 9.81. The highest BCUT2D eigenvalue weighted by Crippen LogP contribution is 2.31. The van der Waals surface area contributed by atoms with E-state index in [2.05, 4.69) is 6.08 Å². The number of aliphatic hydroxyl groups is 1. The molecule has 0 spiro atoms. The number of carbonyl (C=O) groups is 1. The number of allylic oxidation sites excluding steroid dienone is 2. The van der Waals surface area contributed by atoms with Gasteiger partial charge in [0.15, 0.2) is 11.5 Å². The number of benzene rings is 1. The highest BCUT2D eigenvalue weighted by Gasteiger charge is 2.33. The average molecular weight is 389 g/mol. The van der Waals surface area contributed by atoms with Crippen LogP contribution in [0.1, 0.15) is 57.3 Å². The number of phenolic OH excluding ortho intramolecular Hbond substituents is 1. The number of aromatic hydroxyl groups is 1. The molecule has 1 aliphatic rings. The summed E-state index contributed by atoms with van der Waals surface area (Å²) in [6.07, 6.45) is 5.33. The second-order valence-corrected chi connectivity index (χ2v) is 7.95. The van der Waals surface area contributed by atoms with Crippen molar-refractivity contribution in [2.45, 2.75) is 59.2 Å². The Morgan fingerprint density at radius 2 is 1.93 bits per heavy atom. The molecule has 2 N–H and O–H groups in total. The van der Waals surface area contributed by atoms with E-state index >= 15 is 0 Å². The molecule has 2 rings (SSSR count). The van der Waals surface area contributed by atoms with Crippen LogP contribution >= 0.6 is 0 Å². The summed E-state index contributed by atoms with van der Waals surface area (Å²) in [4.78, 5) is 12.8. The molecular formula is C23H32O5. The fourth-order valence-corrected chi connectivity index (χ4v) is 3.74. The molecule has 0 bridgehead atoms. The predicted molar refractivity (Wildman–Crippen MR) is 110 cm³/mol. The zero-order valence-corrected chi connectivity index (χ0v) is 17.4. The van der Waals surface area contributed by atoms with Crippen LogP contribution in [-0.2, 0) is 4.74 Å². The SMILES string of the molecule is COc1cc(C(=O)OC2CC(C)=CCCC(C)=CC(O)C2C(C)C)ccc1O.